The SMILES string of the molecule is Clc1cccc(COc2c(Br)cccc2CNC2CC2)c1. The van der Waals surface area contributed by atoms with Crippen LogP contribution in [0.3, 0.4) is 0 Å². The van der Waals surface area contributed by atoms with E-state index in [0.717, 1.165) is 27.4 Å². The lowest BCUT2D eigenvalue weighted by Gasteiger charge is -2.14. The summed E-state index contributed by atoms with van der Waals surface area (Å²) in [6.45, 7) is 1.36. The predicted molar refractivity (Wildman–Crippen MR) is 89.8 cm³/mol. The molecule has 0 aromatic heterocycles. The van der Waals surface area contributed by atoms with Gasteiger partial charge in [-0.2, -0.15) is 0 Å². The van der Waals surface area contributed by atoms with Crippen LogP contribution in [0.4, 0.5) is 0 Å². The Labute approximate surface area is 138 Å². The molecule has 2 nitrogen and oxygen atoms in total. The minimum absolute atomic E-state index is 0.513. The van der Waals surface area contributed by atoms with Crippen LogP contribution in [-0.4, -0.2) is 6.04 Å². The summed E-state index contributed by atoms with van der Waals surface area (Å²) in [7, 11) is 0. The average molecular weight is 367 g/mol. The van der Waals surface area contributed by atoms with E-state index < -0.39 is 0 Å². The summed E-state index contributed by atoms with van der Waals surface area (Å²) < 4.78 is 7.00. The zero-order chi connectivity index (χ0) is 14.7. The van der Waals surface area contributed by atoms with Gasteiger partial charge < -0.3 is 10.1 Å². The molecule has 2 aromatic carbocycles. The Hall–Kier alpha value is -1.03. The van der Waals surface area contributed by atoms with E-state index in [1.54, 1.807) is 0 Å². The van der Waals surface area contributed by atoms with Crippen LogP contribution in [0.15, 0.2) is 46.9 Å². The molecule has 1 fully saturated rings. The molecule has 21 heavy (non-hydrogen) atoms. The van der Waals surface area contributed by atoms with Gasteiger partial charge in [-0.1, -0.05) is 35.9 Å². The Morgan fingerprint density at radius 1 is 1.19 bits per heavy atom. The van der Waals surface area contributed by atoms with Crippen LogP contribution in [0.2, 0.25) is 5.02 Å². The van der Waals surface area contributed by atoms with Crippen LogP contribution in [0.25, 0.3) is 0 Å². The molecule has 4 heteroatoms. The van der Waals surface area contributed by atoms with E-state index in [0.29, 0.717) is 12.6 Å². The van der Waals surface area contributed by atoms with Gasteiger partial charge in [0.25, 0.3) is 0 Å². The van der Waals surface area contributed by atoms with Crippen LogP contribution in [0, 0.1) is 0 Å². The van der Waals surface area contributed by atoms with Crippen molar-refractivity contribution in [3.63, 3.8) is 0 Å². The van der Waals surface area contributed by atoms with Crippen LogP contribution in [0.5, 0.6) is 5.75 Å². The van der Waals surface area contributed by atoms with Crippen LogP contribution in [0.1, 0.15) is 24.0 Å². The molecule has 0 radical (unpaired) electrons. The first-order valence-corrected chi connectivity index (χ1v) is 8.27. The molecule has 0 unspecified atom stereocenters. The molecule has 0 bridgehead atoms. The minimum atomic E-state index is 0.513. The third-order valence-corrected chi connectivity index (χ3v) is 4.34. The van der Waals surface area contributed by atoms with Gasteiger partial charge in [0.05, 0.1) is 4.47 Å². The van der Waals surface area contributed by atoms with Crippen LogP contribution >= 0.6 is 27.5 Å². The number of nitrogens with one attached hydrogen (secondary N) is 1. The molecular formula is C17H17BrClNO. The smallest absolute Gasteiger partial charge is 0.138 e. The van der Waals surface area contributed by atoms with E-state index in [9.17, 15) is 0 Å². The Kier molecular flexibility index (Phi) is 4.84. The highest BCUT2D eigenvalue weighted by atomic mass is 79.9. The summed E-state index contributed by atoms with van der Waals surface area (Å²) >= 11 is 9.58. The number of rotatable bonds is 6. The second kappa shape index (κ2) is 6.82. The predicted octanol–water partition coefficient (Wildman–Crippen LogP) is 4.93. The molecule has 0 aliphatic heterocycles. The van der Waals surface area contributed by atoms with E-state index in [1.165, 1.54) is 18.4 Å². The van der Waals surface area contributed by atoms with Crippen LogP contribution < -0.4 is 10.1 Å². The average Bonchev–Trinajstić information content (AvgIpc) is 3.28. The first-order valence-electron chi connectivity index (χ1n) is 7.10. The molecule has 0 atom stereocenters. The second-order valence-electron chi connectivity index (χ2n) is 5.30. The molecule has 3 rings (SSSR count). The quantitative estimate of drug-likeness (QED) is 0.782. The van der Waals surface area contributed by atoms with Gasteiger partial charge in [0, 0.05) is 23.2 Å². The summed E-state index contributed by atoms with van der Waals surface area (Å²) in [6.07, 6.45) is 2.57. The van der Waals surface area contributed by atoms with E-state index in [1.807, 2.05) is 36.4 Å². The van der Waals surface area contributed by atoms with E-state index in [2.05, 4.69) is 27.3 Å². The summed E-state index contributed by atoms with van der Waals surface area (Å²) in [5.41, 5.74) is 2.25. The van der Waals surface area contributed by atoms with E-state index in [-0.39, 0.29) is 0 Å². The van der Waals surface area contributed by atoms with Crippen molar-refractivity contribution < 1.29 is 4.74 Å². The zero-order valence-corrected chi connectivity index (χ0v) is 14.0. The maximum atomic E-state index is 6.02. The van der Waals surface area contributed by atoms with Gasteiger partial charge in [0.1, 0.15) is 12.4 Å². The molecule has 1 aliphatic carbocycles. The van der Waals surface area contributed by atoms with Crippen molar-refractivity contribution in [2.75, 3.05) is 0 Å². The highest BCUT2D eigenvalue weighted by Gasteiger charge is 2.21. The van der Waals surface area contributed by atoms with Crippen molar-refractivity contribution in [3.05, 3.63) is 63.1 Å². The number of para-hydroxylation sites is 1. The maximum Gasteiger partial charge on any atom is 0.138 e. The summed E-state index contributed by atoms with van der Waals surface area (Å²) in [6, 6.07) is 14.6. The lowest BCUT2D eigenvalue weighted by Crippen LogP contribution is -2.16. The van der Waals surface area contributed by atoms with Crippen molar-refractivity contribution >= 4 is 27.5 Å². The molecular weight excluding hydrogens is 350 g/mol. The molecule has 2 aromatic rings. The summed E-state index contributed by atoms with van der Waals surface area (Å²) in [4.78, 5) is 0. The minimum Gasteiger partial charge on any atom is -0.487 e. The van der Waals surface area contributed by atoms with Gasteiger partial charge in [0.15, 0.2) is 0 Å². The highest BCUT2D eigenvalue weighted by Crippen LogP contribution is 2.31. The highest BCUT2D eigenvalue weighted by molar-refractivity contribution is 9.10. The van der Waals surface area contributed by atoms with Gasteiger partial charge >= 0.3 is 0 Å². The molecule has 1 N–H and O–H groups in total. The third-order valence-electron chi connectivity index (χ3n) is 3.48. The largest absolute Gasteiger partial charge is 0.487 e. The van der Waals surface area contributed by atoms with Crippen molar-refractivity contribution in [2.45, 2.75) is 32.0 Å². The zero-order valence-electron chi connectivity index (χ0n) is 11.6. The number of hydrogen-bond donors (Lipinski definition) is 1. The first-order chi connectivity index (χ1) is 10.2. The molecule has 0 spiro atoms. The lowest BCUT2D eigenvalue weighted by atomic mass is 10.2. The van der Waals surface area contributed by atoms with Crippen molar-refractivity contribution in [1.29, 1.82) is 0 Å². The standard InChI is InChI=1S/C17H17BrClNO/c18-16-6-2-4-13(10-20-15-7-8-15)17(16)21-11-12-3-1-5-14(19)9-12/h1-6,9,15,20H,7-8,10-11H2. The summed E-state index contributed by atoms with van der Waals surface area (Å²) in [5.74, 6) is 0.908. The normalized spacial score (nSPS) is 14.2. The van der Waals surface area contributed by atoms with Gasteiger partial charge in [-0.25, -0.2) is 0 Å². The second-order valence-corrected chi connectivity index (χ2v) is 6.59. The fraction of sp³-hybridized carbons (Fsp3) is 0.294. The molecule has 1 saturated carbocycles. The van der Waals surface area contributed by atoms with Gasteiger partial charge in [0.2, 0.25) is 0 Å². The lowest BCUT2D eigenvalue weighted by molar-refractivity contribution is 0.300. The monoisotopic (exact) mass is 365 g/mol. The molecule has 1 aliphatic rings. The van der Waals surface area contributed by atoms with E-state index >= 15 is 0 Å². The van der Waals surface area contributed by atoms with Crippen LogP contribution in [-0.2, 0) is 13.2 Å². The van der Waals surface area contributed by atoms with Gasteiger partial charge in [-0.05, 0) is 52.5 Å². The third kappa shape index (κ3) is 4.22. The van der Waals surface area contributed by atoms with Gasteiger partial charge in [-0.3, -0.25) is 0 Å². The fourth-order valence-electron chi connectivity index (χ4n) is 2.18. The Bertz CT molecular complexity index is 628. The maximum absolute atomic E-state index is 6.02. The Morgan fingerprint density at radius 2 is 2.00 bits per heavy atom. The molecule has 0 saturated heterocycles. The van der Waals surface area contributed by atoms with E-state index in [4.69, 9.17) is 16.3 Å². The first kappa shape index (κ1) is 14.9. The number of hydrogen-bond acceptors (Lipinski definition) is 2. The van der Waals surface area contributed by atoms with Crippen molar-refractivity contribution in [1.82, 2.24) is 5.32 Å². The number of ether oxygens (including phenoxy) is 1. The van der Waals surface area contributed by atoms with Crippen molar-refractivity contribution in [2.24, 2.45) is 0 Å². The Balaban J connectivity index is 1.70. The molecule has 0 amide bonds. The number of benzene rings is 2. The molecule has 110 valence electrons. The number of halogens is 2. The molecule has 0 heterocycles. The summed E-state index contributed by atoms with van der Waals surface area (Å²) in [5, 5.41) is 4.26. The topological polar surface area (TPSA) is 21.3 Å². The van der Waals surface area contributed by atoms with Crippen molar-refractivity contribution in [3.8, 4) is 5.75 Å². The Morgan fingerprint density at radius 3 is 2.76 bits per heavy atom. The fourth-order valence-corrected chi connectivity index (χ4v) is 2.91. The van der Waals surface area contributed by atoms with Gasteiger partial charge in [-0.15, -0.1) is 0 Å².